The van der Waals surface area contributed by atoms with Gasteiger partial charge in [0.25, 0.3) is 0 Å². The summed E-state index contributed by atoms with van der Waals surface area (Å²) in [6.07, 6.45) is 2.64. The van der Waals surface area contributed by atoms with Crippen molar-refractivity contribution in [1.29, 1.82) is 0 Å². The van der Waals surface area contributed by atoms with Gasteiger partial charge in [0.15, 0.2) is 5.96 Å². The molecule has 0 aliphatic rings. The van der Waals surface area contributed by atoms with Crippen LogP contribution in [-0.4, -0.2) is 27.8 Å². The second kappa shape index (κ2) is 6.83. The predicted octanol–water partition coefficient (Wildman–Crippen LogP) is 1.28. The molecule has 0 atom stereocenters. The van der Waals surface area contributed by atoms with E-state index in [1.807, 2.05) is 17.8 Å². The van der Waals surface area contributed by atoms with E-state index in [9.17, 15) is 0 Å². The lowest BCUT2D eigenvalue weighted by molar-refractivity contribution is 0.508. The normalized spacial score (nSPS) is 12.1. The lowest BCUT2D eigenvalue weighted by Crippen LogP contribution is -2.45. The zero-order valence-corrected chi connectivity index (χ0v) is 13.2. The van der Waals surface area contributed by atoms with Gasteiger partial charge in [0.2, 0.25) is 0 Å². The Morgan fingerprint density at radius 3 is 2.65 bits per heavy atom. The van der Waals surface area contributed by atoms with Crippen molar-refractivity contribution in [2.75, 3.05) is 6.54 Å². The number of aryl methyl sites for hydroxylation is 1. The molecular formula is C11H22IN5. The second-order valence-electron chi connectivity index (χ2n) is 4.84. The minimum absolute atomic E-state index is 0. The summed E-state index contributed by atoms with van der Waals surface area (Å²) in [5.41, 5.74) is 6.87. The van der Waals surface area contributed by atoms with Crippen LogP contribution in [0, 0.1) is 0 Å². The van der Waals surface area contributed by atoms with E-state index in [-0.39, 0.29) is 29.5 Å². The van der Waals surface area contributed by atoms with Crippen molar-refractivity contribution in [3.05, 3.63) is 18.0 Å². The molecule has 0 fully saturated rings. The fourth-order valence-electron chi connectivity index (χ4n) is 1.36. The third-order valence-electron chi connectivity index (χ3n) is 2.08. The number of hydrogen-bond donors (Lipinski definition) is 2. The number of nitrogens with one attached hydrogen (secondary N) is 1. The van der Waals surface area contributed by atoms with E-state index in [0.29, 0.717) is 12.5 Å². The molecule has 0 aliphatic heterocycles. The molecule has 0 aromatic carbocycles. The predicted molar refractivity (Wildman–Crippen MR) is 81.7 cm³/mol. The first kappa shape index (κ1) is 16.2. The van der Waals surface area contributed by atoms with Crippen LogP contribution in [0.3, 0.4) is 0 Å². The average molecular weight is 351 g/mol. The number of guanidine groups is 1. The Morgan fingerprint density at radius 1 is 1.53 bits per heavy atom. The minimum atomic E-state index is -0.0416. The number of rotatable bonds is 3. The Morgan fingerprint density at radius 2 is 2.18 bits per heavy atom. The number of nitrogens with zero attached hydrogens (tertiary/aromatic N) is 3. The van der Waals surface area contributed by atoms with Gasteiger partial charge >= 0.3 is 0 Å². The molecule has 3 N–H and O–H groups in total. The highest BCUT2D eigenvalue weighted by Crippen LogP contribution is 1.99. The summed E-state index contributed by atoms with van der Waals surface area (Å²) < 4.78 is 1.85. The van der Waals surface area contributed by atoms with Crippen LogP contribution in [0.1, 0.15) is 26.5 Å². The molecule has 0 saturated carbocycles. The number of halogens is 1. The minimum Gasteiger partial charge on any atom is -0.370 e. The van der Waals surface area contributed by atoms with Crippen molar-refractivity contribution in [3.8, 4) is 0 Å². The molecule has 0 bridgehead atoms. The van der Waals surface area contributed by atoms with Gasteiger partial charge in [-0.15, -0.1) is 24.0 Å². The molecule has 0 aliphatic carbocycles. The van der Waals surface area contributed by atoms with E-state index in [1.54, 1.807) is 6.20 Å². The number of hydrogen-bond acceptors (Lipinski definition) is 2. The quantitative estimate of drug-likeness (QED) is 0.490. The maximum atomic E-state index is 5.75. The highest BCUT2D eigenvalue weighted by atomic mass is 127. The van der Waals surface area contributed by atoms with E-state index in [4.69, 9.17) is 5.73 Å². The topological polar surface area (TPSA) is 68.2 Å². The van der Waals surface area contributed by atoms with Gasteiger partial charge in [0, 0.05) is 37.4 Å². The average Bonchev–Trinajstić information content (AvgIpc) is 2.48. The van der Waals surface area contributed by atoms with Crippen LogP contribution in [0.25, 0.3) is 0 Å². The van der Waals surface area contributed by atoms with Gasteiger partial charge in [0.1, 0.15) is 0 Å². The van der Waals surface area contributed by atoms with Gasteiger partial charge in [-0.1, -0.05) is 0 Å². The van der Waals surface area contributed by atoms with E-state index in [0.717, 1.165) is 12.1 Å². The summed E-state index contributed by atoms with van der Waals surface area (Å²) in [6, 6.07) is 1.99. The van der Waals surface area contributed by atoms with Crippen molar-refractivity contribution < 1.29 is 0 Å². The van der Waals surface area contributed by atoms with Crippen LogP contribution in [0.5, 0.6) is 0 Å². The molecule has 0 amide bonds. The number of nitrogens with two attached hydrogens (primary N) is 1. The molecule has 0 radical (unpaired) electrons. The van der Waals surface area contributed by atoms with E-state index in [2.05, 4.69) is 36.2 Å². The Labute approximate surface area is 120 Å². The molecule has 6 heteroatoms. The molecule has 98 valence electrons. The van der Waals surface area contributed by atoms with Crippen molar-refractivity contribution in [2.45, 2.75) is 32.7 Å². The van der Waals surface area contributed by atoms with Crippen molar-refractivity contribution in [1.82, 2.24) is 15.1 Å². The van der Waals surface area contributed by atoms with Gasteiger partial charge in [-0.2, -0.15) is 5.10 Å². The van der Waals surface area contributed by atoms with Gasteiger partial charge in [-0.05, 0) is 26.8 Å². The Kier molecular flexibility index (Phi) is 6.51. The molecule has 5 nitrogen and oxygen atoms in total. The molecule has 1 rings (SSSR count). The highest BCUT2D eigenvalue weighted by molar-refractivity contribution is 14.0. The SMILES string of the molecule is Cn1nccc1CCN=C(N)NC(C)(C)C.I. The molecule has 0 saturated heterocycles. The summed E-state index contributed by atoms with van der Waals surface area (Å²) in [6.45, 7) is 6.83. The van der Waals surface area contributed by atoms with Crippen molar-refractivity contribution >= 4 is 29.9 Å². The zero-order chi connectivity index (χ0) is 12.2. The van der Waals surface area contributed by atoms with E-state index in [1.165, 1.54) is 0 Å². The van der Waals surface area contributed by atoms with Crippen LogP contribution in [0.15, 0.2) is 17.3 Å². The van der Waals surface area contributed by atoms with Crippen LogP contribution in [0.2, 0.25) is 0 Å². The van der Waals surface area contributed by atoms with Crippen LogP contribution >= 0.6 is 24.0 Å². The van der Waals surface area contributed by atoms with Gasteiger partial charge in [-0.3, -0.25) is 9.67 Å². The second-order valence-corrected chi connectivity index (χ2v) is 4.84. The maximum Gasteiger partial charge on any atom is 0.188 e. The molecular weight excluding hydrogens is 329 g/mol. The van der Waals surface area contributed by atoms with E-state index < -0.39 is 0 Å². The molecule has 0 spiro atoms. The Bertz CT molecular complexity index is 364. The summed E-state index contributed by atoms with van der Waals surface area (Å²) in [5, 5.41) is 7.21. The third-order valence-corrected chi connectivity index (χ3v) is 2.08. The monoisotopic (exact) mass is 351 g/mol. The lowest BCUT2D eigenvalue weighted by Gasteiger charge is -2.20. The largest absolute Gasteiger partial charge is 0.370 e. The first-order valence-electron chi connectivity index (χ1n) is 5.43. The van der Waals surface area contributed by atoms with Gasteiger partial charge in [-0.25, -0.2) is 0 Å². The van der Waals surface area contributed by atoms with Gasteiger partial charge < -0.3 is 11.1 Å². The first-order valence-corrected chi connectivity index (χ1v) is 5.43. The number of aliphatic imine (C=N–C) groups is 1. The maximum absolute atomic E-state index is 5.75. The summed E-state index contributed by atoms with van der Waals surface area (Å²) in [4.78, 5) is 4.27. The first-order chi connectivity index (χ1) is 7.38. The highest BCUT2D eigenvalue weighted by Gasteiger charge is 2.09. The van der Waals surface area contributed by atoms with Crippen LogP contribution < -0.4 is 11.1 Å². The van der Waals surface area contributed by atoms with Crippen LogP contribution in [-0.2, 0) is 13.5 Å². The third kappa shape index (κ3) is 6.50. The number of aromatic nitrogens is 2. The lowest BCUT2D eigenvalue weighted by atomic mass is 10.1. The molecule has 1 heterocycles. The van der Waals surface area contributed by atoms with Gasteiger partial charge in [0.05, 0.1) is 0 Å². The van der Waals surface area contributed by atoms with Crippen LogP contribution in [0.4, 0.5) is 0 Å². The Balaban J connectivity index is 0.00000256. The smallest absolute Gasteiger partial charge is 0.188 e. The molecule has 0 unspecified atom stereocenters. The molecule has 17 heavy (non-hydrogen) atoms. The molecule has 1 aromatic heterocycles. The molecule has 1 aromatic rings. The Hall–Kier alpha value is -0.790. The zero-order valence-electron chi connectivity index (χ0n) is 10.9. The summed E-state index contributed by atoms with van der Waals surface area (Å²) >= 11 is 0. The van der Waals surface area contributed by atoms with E-state index >= 15 is 0 Å². The summed E-state index contributed by atoms with van der Waals surface area (Å²) in [7, 11) is 1.93. The fraction of sp³-hybridized carbons (Fsp3) is 0.636. The fourth-order valence-corrected chi connectivity index (χ4v) is 1.36. The summed E-state index contributed by atoms with van der Waals surface area (Å²) in [5.74, 6) is 0.495. The standard InChI is InChI=1S/C11H21N5.HI/c1-11(2,3)15-10(12)13-7-5-9-6-8-14-16(9)4;/h6,8H,5,7H2,1-4H3,(H3,12,13,15);1H. The van der Waals surface area contributed by atoms with Crippen molar-refractivity contribution in [2.24, 2.45) is 17.8 Å². The van der Waals surface area contributed by atoms with Crippen molar-refractivity contribution in [3.63, 3.8) is 0 Å².